The smallest absolute Gasteiger partial charge is 0.0424 e. The number of hydrogen-bond donors (Lipinski definition) is 1. The number of hydrogen-bond acceptors (Lipinski definition) is 2. The number of rotatable bonds is 6. The van der Waals surface area contributed by atoms with Crippen LogP contribution in [0.1, 0.15) is 50.3 Å². The molecule has 2 atom stereocenters. The van der Waals surface area contributed by atoms with Crippen LogP contribution in [0, 0.1) is 5.92 Å². The van der Waals surface area contributed by atoms with Crippen LogP contribution in [0.5, 0.6) is 0 Å². The van der Waals surface area contributed by atoms with Crippen LogP contribution in [0.15, 0.2) is 24.3 Å². The van der Waals surface area contributed by atoms with Crippen molar-refractivity contribution in [3.8, 4) is 0 Å². The van der Waals surface area contributed by atoms with E-state index in [1.165, 1.54) is 43.5 Å². The molecule has 1 aromatic carbocycles. The molecule has 1 aliphatic heterocycles. The average molecular weight is 260 g/mol. The van der Waals surface area contributed by atoms with Crippen LogP contribution in [0.4, 0.5) is 0 Å². The summed E-state index contributed by atoms with van der Waals surface area (Å²) in [6, 6.07) is 8.97. The summed E-state index contributed by atoms with van der Waals surface area (Å²) in [5.41, 5.74) is 9.01. The second kappa shape index (κ2) is 7.06. The molecule has 2 heteroatoms. The van der Waals surface area contributed by atoms with E-state index in [1.54, 1.807) is 0 Å². The molecule has 0 aliphatic carbocycles. The minimum atomic E-state index is 0.159. The molecule has 0 spiro atoms. The predicted octanol–water partition coefficient (Wildman–Crippen LogP) is 3.37. The van der Waals surface area contributed by atoms with E-state index in [1.807, 2.05) is 0 Å². The Morgan fingerprint density at radius 3 is 2.63 bits per heavy atom. The summed E-state index contributed by atoms with van der Waals surface area (Å²) in [7, 11) is 0. The van der Waals surface area contributed by atoms with Gasteiger partial charge in [-0.05, 0) is 42.9 Å². The third-order valence-corrected chi connectivity index (χ3v) is 4.34. The second-order valence-electron chi connectivity index (χ2n) is 5.90. The lowest BCUT2D eigenvalue weighted by atomic mass is 10.0. The molecule has 1 aromatic rings. The van der Waals surface area contributed by atoms with Crippen molar-refractivity contribution in [3.63, 3.8) is 0 Å². The highest BCUT2D eigenvalue weighted by Crippen LogP contribution is 2.23. The molecule has 106 valence electrons. The largest absolute Gasteiger partial charge is 0.323 e. The fraction of sp³-hybridized carbons (Fsp3) is 0.647. The number of nitrogens with zero attached hydrogens (tertiary/aromatic N) is 1. The summed E-state index contributed by atoms with van der Waals surface area (Å²) in [5, 5.41) is 0. The average Bonchev–Trinajstić information content (AvgIpc) is 2.86. The van der Waals surface area contributed by atoms with E-state index in [0.29, 0.717) is 0 Å². The topological polar surface area (TPSA) is 29.3 Å². The van der Waals surface area contributed by atoms with E-state index in [4.69, 9.17) is 5.73 Å². The summed E-state index contributed by atoms with van der Waals surface area (Å²) >= 11 is 0. The Kier molecular flexibility index (Phi) is 5.41. The zero-order valence-electron chi connectivity index (χ0n) is 12.4. The Morgan fingerprint density at radius 2 is 2.00 bits per heavy atom. The molecule has 0 saturated carbocycles. The first-order chi connectivity index (χ1) is 9.22. The van der Waals surface area contributed by atoms with Gasteiger partial charge in [0.25, 0.3) is 0 Å². The first-order valence-electron chi connectivity index (χ1n) is 7.79. The van der Waals surface area contributed by atoms with Crippen LogP contribution in [0.3, 0.4) is 0 Å². The molecule has 1 aliphatic rings. The summed E-state index contributed by atoms with van der Waals surface area (Å²) in [5.74, 6) is 0.902. The third-order valence-electron chi connectivity index (χ3n) is 4.34. The van der Waals surface area contributed by atoms with Gasteiger partial charge in [-0.3, -0.25) is 0 Å². The molecule has 19 heavy (non-hydrogen) atoms. The molecule has 0 amide bonds. The molecule has 2 nitrogen and oxygen atoms in total. The zero-order chi connectivity index (χ0) is 13.7. The minimum absolute atomic E-state index is 0.159. The van der Waals surface area contributed by atoms with Crippen molar-refractivity contribution >= 4 is 0 Å². The maximum absolute atomic E-state index is 6.34. The first kappa shape index (κ1) is 14.5. The van der Waals surface area contributed by atoms with Gasteiger partial charge in [0.2, 0.25) is 0 Å². The maximum atomic E-state index is 6.34. The molecular formula is C17H28N2. The Hall–Kier alpha value is -0.860. The highest BCUT2D eigenvalue weighted by molar-refractivity contribution is 5.25. The minimum Gasteiger partial charge on any atom is -0.323 e. The Balaban J connectivity index is 1.85. The van der Waals surface area contributed by atoms with Gasteiger partial charge in [0.05, 0.1) is 0 Å². The zero-order valence-corrected chi connectivity index (χ0v) is 12.4. The third kappa shape index (κ3) is 4.05. The van der Waals surface area contributed by atoms with Crippen molar-refractivity contribution < 1.29 is 0 Å². The lowest BCUT2D eigenvalue weighted by Crippen LogP contribution is -2.30. The molecule has 1 saturated heterocycles. The van der Waals surface area contributed by atoms with E-state index in [-0.39, 0.29) is 6.04 Å². The first-order valence-corrected chi connectivity index (χ1v) is 7.79. The fourth-order valence-electron chi connectivity index (χ4n) is 3.11. The lowest BCUT2D eigenvalue weighted by Gasteiger charge is -2.21. The highest BCUT2D eigenvalue weighted by atomic mass is 15.2. The van der Waals surface area contributed by atoms with E-state index in [9.17, 15) is 0 Å². The molecule has 0 radical (unpaired) electrons. The van der Waals surface area contributed by atoms with E-state index in [2.05, 4.69) is 43.0 Å². The number of aryl methyl sites for hydroxylation is 1. The van der Waals surface area contributed by atoms with Gasteiger partial charge in [0, 0.05) is 19.1 Å². The Labute approximate surface area is 118 Å². The second-order valence-corrected chi connectivity index (χ2v) is 5.90. The van der Waals surface area contributed by atoms with Gasteiger partial charge in [0.15, 0.2) is 0 Å². The van der Waals surface area contributed by atoms with Crippen LogP contribution in [0.2, 0.25) is 0 Å². The monoisotopic (exact) mass is 260 g/mol. The summed E-state index contributed by atoms with van der Waals surface area (Å²) < 4.78 is 0. The van der Waals surface area contributed by atoms with Gasteiger partial charge in [-0.1, -0.05) is 44.5 Å². The van der Waals surface area contributed by atoms with Crippen LogP contribution < -0.4 is 5.73 Å². The van der Waals surface area contributed by atoms with Gasteiger partial charge in [-0.15, -0.1) is 0 Å². The summed E-state index contributed by atoms with van der Waals surface area (Å²) in [6.07, 6.45) is 5.13. The highest BCUT2D eigenvalue weighted by Gasteiger charge is 2.23. The molecule has 2 N–H and O–H groups in total. The molecule has 1 heterocycles. The van der Waals surface area contributed by atoms with Crippen LogP contribution in [0.25, 0.3) is 0 Å². The van der Waals surface area contributed by atoms with Crippen molar-refractivity contribution in [2.75, 3.05) is 19.6 Å². The molecular weight excluding hydrogens is 232 g/mol. The summed E-state index contributed by atoms with van der Waals surface area (Å²) in [6.45, 7) is 7.95. The standard InChI is InChI=1S/C17H28N2/c1-3-5-15-10-11-19(12-15)13-17(18)16-8-6-14(4-2)7-9-16/h6-9,15,17H,3-5,10-13,18H2,1-2H3. The lowest BCUT2D eigenvalue weighted by molar-refractivity contribution is 0.300. The van der Waals surface area contributed by atoms with E-state index < -0.39 is 0 Å². The molecule has 2 unspecified atom stereocenters. The van der Waals surface area contributed by atoms with E-state index >= 15 is 0 Å². The van der Waals surface area contributed by atoms with Crippen LogP contribution in [-0.2, 0) is 6.42 Å². The van der Waals surface area contributed by atoms with Gasteiger partial charge < -0.3 is 10.6 Å². The van der Waals surface area contributed by atoms with Crippen molar-refractivity contribution in [1.29, 1.82) is 0 Å². The van der Waals surface area contributed by atoms with Gasteiger partial charge in [0.1, 0.15) is 0 Å². The molecule has 2 rings (SSSR count). The van der Waals surface area contributed by atoms with Crippen molar-refractivity contribution in [2.24, 2.45) is 11.7 Å². The SMILES string of the molecule is CCCC1CCN(CC(N)c2ccc(CC)cc2)C1. The van der Waals surface area contributed by atoms with Gasteiger partial charge in [-0.25, -0.2) is 0 Å². The normalized spacial score (nSPS) is 21.7. The van der Waals surface area contributed by atoms with Crippen molar-refractivity contribution in [1.82, 2.24) is 4.90 Å². The van der Waals surface area contributed by atoms with Gasteiger partial charge >= 0.3 is 0 Å². The molecule has 0 aromatic heterocycles. The molecule has 1 fully saturated rings. The van der Waals surface area contributed by atoms with Gasteiger partial charge in [-0.2, -0.15) is 0 Å². The number of likely N-dealkylation sites (tertiary alicyclic amines) is 1. The summed E-state index contributed by atoms with van der Waals surface area (Å²) in [4.78, 5) is 2.54. The number of benzene rings is 1. The van der Waals surface area contributed by atoms with Crippen molar-refractivity contribution in [2.45, 2.75) is 45.6 Å². The maximum Gasteiger partial charge on any atom is 0.0424 e. The predicted molar refractivity (Wildman–Crippen MR) is 82.2 cm³/mol. The Bertz CT molecular complexity index is 371. The van der Waals surface area contributed by atoms with Crippen LogP contribution >= 0.6 is 0 Å². The molecule has 0 bridgehead atoms. The van der Waals surface area contributed by atoms with E-state index in [0.717, 1.165) is 18.9 Å². The quantitative estimate of drug-likeness (QED) is 0.849. The van der Waals surface area contributed by atoms with Crippen molar-refractivity contribution in [3.05, 3.63) is 35.4 Å². The fourth-order valence-corrected chi connectivity index (χ4v) is 3.11. The Morgan fingerprint density at radius 1 is 1.26 bits per heavy atom. The number of nitrogens with two attached hydrogens (primary N) is 1. The van der Waals surface area contributed by atoms with Crippen LogP contribution in [-0.4, -0.2) is 24.5 Å².